The van der Waals surface area contributed by atoms with Crippen molar-refractivity contribution >= 4 is 0 Å². The van der Waals surface area contributed by atoms with Crippen molar-refractivity contribution in [1.29, 1.82) is 0 Å². The summed E-state index contributed by atoms with van der Waals surface area (Å²) in [5.41, 5.74) is 7.85. The number of hydrogen-bond acceptors (Lipinski definition) is 1. The van der Waals surface area contributed by atoms with Gasteiger partial charge in [-0.25, -0.2) is 8.78 Å². The van der Waals surface area contributed by atoms with Crippen LogP contribution < -0.4 is 5.73 Å². The molecule has 1 aliphatic carbocycles. The summed E-state index contributed by atoms with van der Waals surface area (Å²) in [6.07, 6.45) is 5.82. The molecule has 0 fully saturated rings. The van der Waals surface area contributed by atoms with Crippen LogP contribution in [0.5, 0.6) is 0 Å². The predicted octanol–water partition coefficient (Wildman–Crippen LogP) is 2.94. The van der Waals surface area contributed by atoms with Gasteiger partial charge in [-0.3, -0.25) is 0 Å². The molecule has 1 nitrogen and oxygen atoms in total. The smallest absolute Gasteiger partial charge is 0.159 e. The maximum Gasteiger partial charge on any atom is 0.159 e. The molecule has 86 valence electrons. The van der Waals surface area contributed by atoms with Crippen molar-refractivity contribution < 1.29 is 8.78 Å². The van der Waals surface area contributed by atoms with E-state index in [1.54, 1.807) is 6.07 Å². The van der Waals surface area contributed by atoms with Gasteiger partial charge in [0, 0.05) is 6.04 Å². The van der Waals surface area contributed by atoms with Crippen molar-refractivity contribution in [2.75, 3.05) is 0 Å². The van der Waals surface area contributed by atoms with Gasteiger partial charge in [0.2, 0.25) is 0 Å². The van der Waals surface area contributed by atoms with Crippen LogP contribution in [0.2, 0.25) is 0 Å². The molecule has 1 aromatic rings. The molecule has 0 spiro atoms. The van der Waals surface area contributed by atoms with E-state index in [0.717, 1.165) is 24.8 Å². The van der Waals surface area contributed by atoms with E-state index in [1.807, 2.05) is 6.08 Å². The normalized spacial score (nSPS) is 20.7. The largest absolute Gasteiger partial charge is 0.324 e. The van der Waals surface area contributed by atoms with Crippen LogP contribution in [0.25, 0.3) is 0 Å². The van der Waals surface area contributed by atoms with Crippen LogP contribution in [0.1, 0.15) is 24.8 Å². The van der Waals surface area contributed by atoms with Crippen molar-refractivity contribution in [2.45, 2.75) is 31.7 Å². The lowest BCUT2D eigenvalue weighted by atomic mass is 9.92. The first kappa shape index (κ1) is 11.3. The summed E-state index contributed by atoms with van der Waals surface area (Å²) in [4.78, 5) is 0. The van der Waals surface area contributed by atoms with Gasteiger partial charge >= 0.3 is 0 Å². The van der Waals surface area contributed by atoms with Crippen LogP contribution in [0.3, 0.4) is 0 Å². The van der Waals surface area contributed by atoms with E-state index in [1.165, 1.54) is 17.7 Å². The Labute approximate surface area is 94.0 Å². The van der Waals surface area contributed by atoms with Crippen molar-refractivity contribution in [2.24, 2.45) is 5.73 Å². The summed E-state index contributed by atoms with van der Waals surface area (Å²) < 4.78 is 25.7. The molecule has 1 aliphatic rings. The molecule has 2 rings (SSSR count). The molecule has 3 heteroatoms. The minimum atomic E-state index is -0.793. The van der Waals surface area contributed by atoms with Crippen LogP contribution in [0, 0.1) is 11.6 Å². The number of rotatable bonds is 2. The summed E-state index contributed by atoms with van der Waals surface area (Å²) >= 11 is 0. The van der Waals surface area contributed by atoms with Crippen molar-refractivity contribution in [3.8, 4) is 0 Å². The first-order chi connectivity index (χ1) is 7.65. The summed E-state index contributed by atoms with van der Waals surface area (Å²) in [6, 6.07) is 4.18. The van der Waals surface area contributed by atoms with Gasteiger partial charge in [0.1, 0.15) is 0 Å². The maximum atomic E-state index is 13.0. The molecular weight excluding hydrogens is 208 g/mol. The number of hydrogen-bond donors (Lipinski definition) is 1. The second-order valence-corrected chi connectivity index (χ2v) is 4.31. The lowest BCUT2D eigenvalue weighted by Crippen LogP contribution is -2.20. The Morgan fingerprint density at radius 3 is 2.75 bits per heavy atom. The van der Waals surface area contributed by atoms with E-state index in [-0.39, 0.29) is 6.04 Å². The van der Waals surface area contributed by atoms with Crippen LogP contribution in [-0.4, -0.2) is 6.04 Å². The van der Waals surface area contributed by atoms with E-state index >= 15 is 0 Å². The zero-order valence-corrected chi connectivity index (χ0v) is 9.05. The lowest BCUT2D eigenvalue weighted by molar-refractivity contribution is 0.507. The van der Waals surface area contributed by atoms with Gasteiger partial charge in [-0.2, -0.15) is 0 Å². The minimum Gasteiger partial charge on any atom is -0.324 e. The van der Waals surface area contributed by atoms with Crippen LogP contribution in [-0.2, 0) is 6.42 Å². The Kier molecular flexibility index (Phi) is 3.34. The van der Waals surface area contributed by atoms with E-state index in [4.69, 9.17) is 5.73 Å². The third kappa shape index (κ3) is 2.67. The summed E-state index contributed by atoms with van der Waals surface area (Å²) in [5, 5.41) is 0. The fourth-order valence-corrected chi connectivity index (χ4v) is 2.09. The highest BCUT2D eigenvalue weighted by molar-refractivity contribution is 5.25. The summed E-state index contributed by atoms with van der Waals surface area (Å²) in [7, 11) is 0. The molecule has 0 bridgehead atoms. The number of halogens is 2. The fourth-order valence-electron chi connectivity index (χ4n) is 2.09. The van der Waals surface area contributed by atoms with Gasteiger partial charge < -0.3 is 5.73 Å². The van der Waals surface area contributed by atoms with Gasteiger partial charge in [-0.05, 0) is 43.4 Å². The Bertz CT molecular complexity index is 412. The van der Waals surface area contributed by atoms with Crippen LogP contribution >= 0.6 is 0 Å². The van der Waals surface area contributed by atoms with Crippen LogP contribution in [0.4, 0.5) is 8.78 Å². The Morgan fingerprint density at radius 2 is 2.06 bits per heavy atom. The fraction of sp³-hybridized carbons (Fsp3) is 0.385. The van der Waals surface area contributed by atoms with E-state index in [9.17, 15) is 8.78 Å². The lowest BCUT2D eigenvalue weighted by Gasteiger charge is -2.17. The van der Waals surface area contributed by atoms with Gasteiger partial charge in [-0.15, -0.1) is 0 Å². The molecule has 0 heterocycles. The van der Waals surface area contributed by atoms with Crippen molar-refractivity contribution in [3.63, 3.8) is 0 Å². The monoisotopic (exact) mass is 223 g/mol. The molecule has 16 heavy (non-hydrogen) atoms. The minimum absolute atomic E-state index is 0.119. The summed E-state index contributed by atoms with van der Waals surface area (Å²) in [6.45, 7) is 0. The molecule has 2 N–H and O–H groups in total. The molecule has 0 radical (unpaired) electrons. The first-order valence-corrected chi connectivity index (χ1v) is 5.54. The zero-order chi connectivity index (χ0) is 11.5. The average molecular weight is 223 g/mol. The third-order valence-corrected chi connectivity index (χ3v) is 2.90. The highest BCUT2D eigenvalue weighted by atomic mass is 19.2. The van der Waals surface area contributed by atoms with E-state index < -0.39 is 11.6 Å². The maximum absolute atomic E-state index is 13.0. The quantitative estimate of drug-likeness (QED) is 0.766. The highest BCUT2D eigenvalue weighted by Crippen LogP contribution is 2.21. The molecule has 0 saturated carbocycles. The van der Waals surface area contributed by atoms with Crippen molar-refractivity contribution in [1.82, 2.24) is 0 Å². The molecular formula is C13H15F2N. The van der Waals surface area contributed by atoms with E-state index in [0.29, 0.717) is 6.42 Å². The molecule has 0 saturated heterocycles. The average Bonchev–Trinajstić information content (AvgIpc) is 2.24. The topological polar surface area (TPSA) is 26.0 Å². The molecule has 0 amide bonds. The zero-order valence-electron chi connectivity index (χ0n) is 9.05. The second kappa shape index (κ2) is 4.74. The Morgan fingerprint density at radius 1 is 1.25 bits per heavy atom. The van der Waals surface area contributed by atoms with Gasteiger partial charge in [0.05, 0.1) is 0 Å². The SMILES string of the molecule is NC1C=C(Cc2ccc(F)c(F)c2)CCC1. The highest BCUT2D eigenvalue weighted by Gasteiger charge is 2.11. The number of allylic oxidation sites excluding steroid dienone is 1. The molecule has 0 aromatic heterocycles. The predicted molar refractivity (Wildman–Crippen MR) is 60.0 cm³/mol. The van der Waals surface area contributed by atoms with Crippen molar-refractivity contribution in [3.05, 3.63) is 47.0 Å². The Hall–Kier alpha value is -1.22. The Balaban J connectivity index is 2.11. The second-order valence-electron chi connectivity index (χ2n) is 4.31. The van der Waals surface area contributed by atoms with Gasteiger partial charge in [-0.1, -0.05) is 17.7 Å². The third-order valence-electron chi connectivity index (χ3n) is 2.90. The van der Waals surface area contributed by atoms with Gasteiger partial charge in [0.25, 0.3) is 0 Å². The number of benzene rings is 1. The van der Waals surface area contributed by atoms with Crippen LogP contribution in [0.15, 0.2) is 29.8 Å². The first-order valence-electron chi connectivity index (χ1n) is 5.54. The molecule has 0 aliphatic heterocycles. The molecule has 1 unspecified atom stereocenters. The molecule has 1 atom stereocenters. The standard InChI is InChI=1S/C13H15F2N/c14-12-5-4-10(8-13(12)15)6-9-2-1-3-11(16)7-9/h4-5,7-8,11H,1-3,6,16H2. The summed E-state index contributed by atoms with van der Waals surface area (Å²) in [5.74, 6) is -1.57. The number of nitrogens with two attached hydrogens (primary N) is 1. The van der Waals surface area contributed by atoms with E-state index in [2.05, 4.69) is 0 Å². The molecule has 1 aromatic carbocycles. The van der Waals surface area contributed by atoms with Gasteiger partial charge in [0.15, 0.2) is 11.6 Å².